The SMILES string of the molecule is NCCN1CCN(CCNc2ccnc3cc(Cl)ccc23)CC1. The number of anilines is 1. The molecule has 0 amide bonds. The first-order valence-electron chi connectivity index (χ1n) is 8.19. The third-order valence-electron chi connectivity index (χ3n) is 4.36. The van der Waals surface area contributed by atoms with Gasteiger partial charge in [0, 0.05) is 74.7 Å². The molecular formula is C17H24ClN5. The second-order valence-corrected chi connectivity index (χ2v) is 6.36. The fourth-order valence-electron chi connectivity index (χ4n) is 3.04. The summed E-state index contributed by atoms with van der Waals surface area (Å²) < 4.78 is 0. The van der Waals surface area contributed by atoms with Crippen molar-refractivity contribution in [2.75, 3.05) is 57.7 Å². The van der Waals surface area contributed by atoms with Crippen LogP contribution in [-0.2, 0) is 0 Å². The molecule has 0 atom stereocenters. The van der Waals surface area contributed by atoms with E-state index in [1.165, 1.54) is 0 Å². The Bertz CT molecular complexity index is 640. The Morgan fingerprint density at radius 2 is 1.83 bits per heavy atom. The van der Waals surface area contributed by atoms with Crippen LogP contribution in [0, 0.1) is 0 Å². The third kappa shape index (κ3) is 4.32. The summed E-state index contributed by atoms with van der Waals surface area (Å²) >= 11 is 6.03. The Morgan fingerprint density at radius 1 is 1.09 bits per heavy atom. The summed E-state index contributed by atoms with van der Waals surface area (Å²) in [6.07, 6.45) is 1.83. The topological polar surface area (TPSA) is 57.4 Å². The number of halogens is 1. The lowest BCUT2D eigenvalue weighted by molar-refractivity contribution is 0.139. The Hall–Kier alpha value is -1.40. The van der Waals surface area contributed by atoms with Gasteiger partial charge in [0.05, 0.1) is 5.52 Å². The summed E-state index contributed by atoms with van der Waals surface area (Å²) in [4.78, 5) is 9.31. The number of hydrogen-bond donors (Lipinski definition) is 2. The van der Waals surface area contributed by atoms with E-state index in [0.29, 0.717) is 0 Å². The van der Waals surface area contributed by atoms with E-state index in [1.807, 2.05) is 30.5 Å². The van der Waals surface area contributed by atoms with Gasteiger partial charge in [0.1, 0.15) is 0 Å². The standard InChI is InChI=1S/C17H24ClN5/c18-14-1-2-15-16(3-5-20-17(15)13-14)21-6-8-23-11-9-22(7-4-19)10-12-23/h1-3,5,13H,4,6-12,19H2,(H,20,21). The number of fused-ring (bicyclic) bond motifs is 1. The normalized spacial score (nSPS) is 16.8. The van der Waals surface area contributed by atoms with Crippen molar-refractivity contribution in [2.24, 2.45) is 5.73 Å². The minimum absolute atomic E-state index is 0.720. The summed E-state index contributed by atoms with van der Waals surface area (Å²) in [7, 11) is 0. The molecule has 1 aromatic carbocycles. The molecule has 1 saturated heterocycles. The quantitative estimate of drug-likeness (QED) is 0.845. The highest BCUT2D eigenvalue weighted by Crippen LogP contribution is 2.24. The van der Waals surface area contributed by atoms with Crippen molar-refractivity contribution in [1.82, 2.24) is 14.8 Å². The second kappa shape index (κ2) is 7.93. The van der Waals surface area contributed by atoms with E-state index in [-0.39, 0.29) is 0 Å². The van der Waals surface area contributed by atoms with Crippen LogP contribution < -0.4 is 11.1 Å². The van der Waals surface area contributed by atoms with Gasteiger partial charge in [0.2, 0.25) is 0 Å². The molecular weight excluding hydrogens is 310 g/mol. The smallest absolute Gasteiger partial charge is 0.0737 e. The van der Waals surface area contributed by atoms with Crippen LogP contribution in [0.1, 0.15) is 0 Å². The minimum Gasteiger partial charge on any atom is -0.383 e. The molecule has 6 heteroatoms. The molecule has 1 aliphatic heterocycles. The summed E-state index contributed by atoms with van der Waals surface area (Å²) in [5.41, 5.74) is 7.66. The number of benzene rings is 1. The maximum absolute atomic E-state index is 6.03. The van der Waals surface area contributed by atoms with E-state index >= 15 is 0 Å². The van der Waals surface area contributed by atoms with Crippen LogP contribution in [0.2, 0.25) is 5.02 Å². The van der Waals surface area contributed by atoms with E-state index in [4.69, 9.17) is 17.3 Å². The first kappa shape index (κ1) is 16.5. The average Bonchev–Trinajstić information content (AvgIpc) is 2.56. The number of nitrogens with two attached hydrogens (primary N) is 1. The summed E-state index contributed by atoms with van der Waals surface area (Å²) in [5.74, 6) is 0. The Labute approximate surface area is 142 Å². The van der Waals surface area contributed by atoms with Gasteiger partial charge >= 0.3 is 0 Å². The average molecular weight is 334 g/mol. The van der Waals surface area contributed by atoms with Crippen molar-refractivity contribution in [3.8, 4) is 0 Å². The van der Waals surface area contributed by atoms with Gasteiger partial charge in [-0.1, -0.05) is 11.6 Å². The van der Waals surface area contributed by atoms with Gasteiger partial charge in [-0.25, -0.2) is 0 Å². The van der Waals surface area contributed by atoms with Crippen molar-refractivity contribution < 1.29 is 0 Å². The Balaban J connectivity index is 1.52. The first-order valence-corrected chi connectivity index (χ1v) is 8.57. The van der Waals surface area contributed by atoms with Crippen molar-refractivity contribution in [2.45, 2.75) is 0 Å². The fourth-order valence-corrected chi connectivity index (χ4v) is 3.21. The van der Waals surface area contributed by atoms with Crippen LogP contribution in [0.25, 0.3) is 10.9 Å². The van der Waals surface area contributed by atoms with Crippen molar-refractivity contribution in [1.29, 1.82) is 0 Å². The largest absolute Gasteiger partial charge is 0.383 e. The number of piperazine rings is 1. The van der Waals surface area contributed by atoms with Crippen molar-refractivity contribution in [3.63, 3.8) is 0 Å². The van der Waals surface area contributed by atoms with Crippen molar-refractivity contribution >= 4 is 28.2 Å². The van der Waals surface area contributed by atoms with E-state index in [9.17, 15) is 0 Å². The molecule has 2 heterocycles. The van der Waals surface area contributed by atoms with Gasteiger partial charge in [-0.05, 0) is 24.3 Å². The van der Waals surface area contributed by atoms with Crippen LogP contribution in [0.3, 0.4) is 0 Å². The molecule has 0 radical (unpaired) electrons. The molecule has 1 aliphatic rings. The molecule has 0 saturated carbocycles. The van der Waals surface area contributed by atoms with Crippen molar-refractivity contribution in [3.05, 3.63) is 35.5 Å². The van der Waals surface area contributed by atoms with E-state index < -0.39 is 0 Å². The number of aromatic nitrogens is 1. The highest BCUT2D eigenvalue weighted by atomic mass is 35.5. The number of rotatable bonds is 6. The molecule has 0 bridgehead atoms. The second-order valence-electron chi connectivity index (χ2n) is 5.92. The maximum atomic E-state index is 6.03. The highest BCUT2D eigenvalue weighted by molar-refractivity contribution is 6.31. The van der Waals surface area contributed by atoms with Gasteiger partial charge in [-0.15, -0.1) is 0 Å². The lowest BCUT2D eigenvalue weighted by atomic mass is 10.2. The third-order valence-corrected chi connectivity index (χ3v) is 4.59. The number of hydrogen-bond acceptors (Lipinski definition) is 5. The van der Waals surface area contributed by atoms with Crippen LogP contribution in [0.5, 0.6) is 0 Å². The Morgan fingerprint density at radius 3 is 2.57 bits per heavy atom. The molecule has 2 aromatic rings. The molecule has 0 aliphatic carbocycles. The summed E-state index contributed by atoms with van der Waals surface area (Å²) in [6.45, 7) is 8.22. The van der Waals surface area contributed by atoms with Crippen LogP contribution >= 0.6 is 11.6 Å². The lowest BCUT2D eigenvalue weighted by Gasteiger charge is -2.34. The zero-order chi connectivity index (χ0) is 16.1. The fraction of sp³-hybridized carbons (Fsp3) is 0.471. The van der Waals surface area contributed by atoms with Gasteiger partial charge in [-0.2, -0.15) is 0 Å². The molecule has 124 valence electrons. The van der Waals surface area contributed by atoms with Crippen LogP contribution in [-0.4, -0.2) is 67.1 Å². The molecule has 5 nitrogen and oxygen atoms in total. The first-order chi connectivity index (χ1) is 11.3. The molecule has 0 unspecified atom stereocenters. The van der Waals surface area contributed by atoms with Gasteiger partial charge in [0.25, 0.3) is 0 Å². The Kier molecular flexibility index (Phi) is 5.67. The van der Waals surface area contributed by atoms with Gasteiger partial charge in [0.15, 0.2) is 0 Å². The zero-order valence-electron chi connectivity index (χ0n) is 13.3. The molecule has 3 rings (SSSR count). The van der Waals surface area contributed by atoms with Gasteiger partial charge in [-0.3, -0.25) is 14.8 Å². The van der Waals surface area contributed by atoms with E-state index in [1.54, 1.807) is 0 Å². The summed E-state index contributed by atoms with van der Waals surface area (Å²) in [6, 6.07) is 7.86. The molecule has 1 fully saturated rings. The predicted octanol–water partition coefficient (Wildman–Crippen LogP) is 1.88. The molecule has 3 N–H and O–H groups in total. The summed E-state index contributed by atoms with van der Waals surface area (Å²) in [5, 5.41) is 5.37. The van der Waals surface area contributed by atoms with Crippen LogP contribution in [0.15, 0.2) is 30.5 Å². The monoisotopic (exact) mass is 333 g/mol. The maximum Gasteiger partial charge on any atom is 0.0737 e. The number of pyridine rings is 1. The number of nitrogens with one attached hydrogen (secondary N) is 1. The molecule has 23 heavy (non-hydrogen) atoms. The highest BCUT2D eigenvalue weighted by Gasteiger charge is 2.15. The van der Waals surface area contributed by atoms with E-state index in [0.717, 1.165) is 74.0 Å². The zero-order valence-corrected chi connectivity index (χ0v) is 14.1. The van der Waals surface area contributed by atoms with Crippen LogP contribution in [0.4, 0.5) is 5.69 Å². The predicted molar refractivity (Wildman–Crippen MR) is 97.2 cm³/mol. The van der Waals surface area contributed by atoms with E-state index in [2.05, 4.69) is 20.1 Å². The minimum atomic E-state index is 0.720. The number of nitrogens with zero attached hydrogens (tertiary/aromatic N) is 3. The lowest BCUT2D eigenvalue weighted by Crippen LogP contribution is -2.48. The molecule has 0 spiro atoms. The van der Waals surface area contributed by atoms with Gasteiger partial charge < -0.3 is 11.1 Å². The molecule has 1 aromatic heterocycles.